The molecule has 1 aromatic rings. The van der Waals surface area contributed by atoms with Crippen LogP contribution in [0, 0.1) is 0 Å². The second-order valence-electron chi connectivity index (χ2n) is 3.05. The van der Waals surface area contributed by atoms with Crippen LogP contribution in [0.1, 0.15) is 17.5 Å². The summed E-state index contributed by atoms with van der Waals surface area (Å²) in [5.41, 5.74) is 2.35. The third kappa shape index (κ3) is 3.52. The molecule has 0 aliphatic rings. The van der Waals surface area contributed by atoms with Gasteiger partial charge in [-0.25, -0.2) is 0 Å². The summed E-state index contributed by atoms with van der Waals surface area (Å²) in [6.07, 6.45) is 5.72. The van der Waals surface area contributed by atoms with Crippen molar-refractivity contribution in [2.75, 3.05) is 12.5 Å². The highest BCUT2D eigenvalue weighted by Crippen LogP contribution is 2.11. The number of allylic oxidation sites excluding steroid dienone is 1. The Hall–Kier alpha value is -0.790. The number of aliphatic hydroxyl groups excluding tert-OH is 1. The van der Waals surface area contributed by atoms with Crippen molar-refractivity contribution in [3.8, 4) is 0 Å². The van der Waals surface area contributed by atoms with Gasteiger partial charge in [0.1, 0.15) is 0 Å². The highest BCUT2D eigenvalue weighted by molar-refractivity contribution is 6.17. The van der Waals surface area contributed by atoms with Crippen molar-refractivity contribution >= 4 is 17.7 Å². The van der Waals surface area contributed by atoms with Crippen LogP contribution < -0.4 is 0 Å². The molecule has 0 spiro atoms. The van der Waals surface area contributed by atoms with Crippen molar-refractivity contribution in [1.82, 2.24) is 0 Å². The van der Waals surface area contributed by atoms with E-state index in [1.165, 1.54) is 11.1 Å². The lowest BCUT2D eigenvalue weighted by atomic mass is 10.0. The van der Waals surface area contributed by atoms with Gasteiger partial charge in [-0.1, -0.05) is 36.4 Å². The molecule has 2 heteroatoms. The van der Waals surface area contributed by atoms with Crippen LogP contribution in [0.4, 0.5) is 0 Å². The second kappa shape index (κ2) is 6.63. The second-order valence-corrected chi connectivity index (χ2v) is 3.43. The van der Waals surface area contributed by atoms with Crippen LogP contribution in [0.15, 0.2) is 30.3 Å². The number of alkyl halides is 1. The van der Waals surface area contributed by atoms with E-state index in [1.807, 2.05) is 18.2 Å². The Labute approximate surface area is 90.0 Å². The van der Waals surface area contributed by atoms with Gasteiger partial charge in [0.05, 0.1) is 0 Å². The zero-order valence-corrected chi connectivity index (χ0v) is 8.87. The lowest BCUT2D eigenvalue weighted by Crippen LogP contribution is -1.93. The number of halogens is 1. The maximum atomic E-state index is 8.87. The first kappa shape index (κ1) is 11.3. The average Bonchev–Trinajstić information content (AvgIpc) is 2.21. The zero-order valence-electron chi connectivity index (χ0n) is 8.12. The van der Waals surface area contributed by atoms with Crippen molar-refractivity contribution in [2.24, 2.45) is 0 Å². The van der Waals surface area contributed by atoms with E-state index >= 15 is 0 Å². The Bertz CT molecular complexity index is 294. The van der Waals surface area contributed by atoms with Crippen LogP contribution >= 0.6 is 11.6 Å². The molecule has 0 unspecified atom stereocenters. The lowest BCUT2D eigenvalue weighted by Gasteiger charge is -2.02. The lowest BCUT2D eigenvalue weighted by molar-refractivity contribution is 0.299. The summed E-state index contributed by atoms with van der Waals surface area (Å²) in [6, 6.07) is 8.08. The van der Waals surface area contributed by atoms with Gasteiger partial charge in [-0.3, -0.25) is 0 Å². The molecule has 14 heavy (non-hydrogen) atoms. The molecule has 1 N–H and O–H groups in total. The summed E-state index contributed by atoms with van der Waals surface area (Å²) < 4.78 is 0. The Morgan fingerprint density at radius 3 is 2.79 bits per heavy atom. The molecule has 1 aromatic carbocycles. The van der Waals surface area contributed by atoms with E-state index in [2.05, 4.69) is 18.2 Å². The van der Waals surface area contributed by atoms with E-state index < -0.39 is 0 Å². The quantitative estimate of drug-likeness (QED) is 0.742. The predicted octanol–water partition coefficient (Wildman–Crippen LogP) is 2.86. The maximum absolute atomic E-state index is 8.87. The first-order valence-corrected chi connectivity index (χ1v) is 5.33. The number of benzene rings is 1. The Balaban J connectivity index is 2.73. The molecule has 0 aliphatic heterocycles. The van der Waals surface area contributed by atoms with E-state index in [-0.39, 0.29) is 6.61 Å². The highest BCUT2D eigenvalue weighted by atomic mass is 35.5. The van der Waals surface area contributed by atoms with Crippen molar-refractivity contribution in [3.63, 3.8) is 0 Å². The van der Waals surface area contributed by atoms with Crippen molar-refractivity contribution in [3.05, 3.63) is 41.5 Å². The van der Waals surface area contributed by atoms with Gasteiger partial charge in [-0.2, -0.15) is 0 Å². The molecule has 1 nitrogen and oxygen atoms in total. The van der Waals surface area contributed by atoms with Gasteiger partial charge in [-0.05, 0) is 24.0 Å². The third-order valence-electron chi connectivity index (χ3n) is 2.01. The predicted molar refractivity (Wildman–Crippen MR) is 61.6 cm³/mol. The maximum Gasteiger partial charge on any atom is 0.0471 e. The molecular weight excluding hydrogens is 196 g/mol. The fourth-order valence-electron chi connectivity index (χ4n) is 1.32. The normalized spacial score (nSPS) is 11.0. The summed E-state index contributed by atoms with van der Waals surface area (Å²) in [6.45, 7) is 0.195. The monoisotopic (exact) mass is 210 g/mol. The van der Waals surface area contributed by atoms with E-state index in [9.17, 15) is 0 Å². The van der Waals surface area contributed by atoms with Crippen LogP contribution in [0.3, 0.4) is 0 Å². The van der Waals surface area contributed by atoms with Gasteiger partial charge in [0, 0.05) is 12.5 Å². The molecule has 0 aliphatic carbocycles. The van der Waals surface area contributed by atoms with E-state index in [0.717, 1.165) is 6.42 Å². The Morgan fingerprint density at radius 1 is 1.29 bits per heavy atom. The molecule has 0 heterocycles. The highest BCUT2D eigenvalue weighted by Gasteiger charge is 1.96. The van der Waals surface area contributed by atoms with Gasteiger partial charge in [0.15, 0.2) is 0 Å². The molecule has 1 rings (SSSR count). The van der Waals surface area contributed by atoms with E-state index in [0.29, 0.717) is 12.3 Å². The molecule has 0 saturated heterocycles. The van der Waals surface area contributed by atoms with Gasteiger partial charge >= 0.3 is 0 Å². The number of hydrogen-bond donors (Lipinski definition) is 1. The SMILES string of the molecule is OCCc1ccccc1C=CCCCl. The van der Waals surface area contributed by atoms with Gasteiger partial charge in [0.25, 0.3) is 0 Å². The van der Waals surface area contributed by atoms with Crippen LogP contribution in [-0.2, 0) is 6.42 Å². The van der Waals surface area contributed by atoms with Gasteiger partial charge < -0.3 is 5.11 Å². The number of hydrogen-bond acceptors (Lipinski definition) is 1. The first-order valence-electron chi connectivity index (χ1n) is 4.79. The average molecular weight is 211 g/mol. The van der Waals surface area contributed by atoms with Crippen molar-refractivity contribution in [1.29, 1.82) is 0 Å². The standard InChI is InChI=1S/C12H15ClO/c13-9-4-3-7-11-5-1-2-6-12(11)8-10-14/h1-3,5-7,14H,4,8-10H2. The molecule has 0 fully saturated rings. The number of rotatable bonds is 5. The first-order chi connectivity index (χ1) is 6.88. The third-order valence-corrected chi connectivity index (χ3v) is 2.23. The smallest absolute Gasteiger partial charge is 0.0471 e. The van der Waals surface area contributed by atoms with Crippen molar-refractivity contribution in [2.45, 2.75) is 12.8 Å². The molecular formula is C12H15ClO. The summed E-state index contributed by atoms with van der Waals surface area (Å²) in [4.78, 5) is 0. The molecule has 0 atom stereocenters. The zero-order chi connectivity index (χ0) is 10.2. The van der Waals surface area contributed by atoms with Crippen LogP contribution in [-0.4, -0.2) is 17.6 Å². The Morgan fingerprint density at radius 2 is 2.07 bits per heavy atom. The van der Waals surface area contributed by atoms with Gasteiger partial charge in [0.2, 0.25) is 0 Å². The minimum Gasteiger partial charge on any atom is -0.396 e. The fraction of sp³-hybridized carbons (Fsp3) is 0.333. The topological polar surface area (TPSA) is 20.2 Å². The summed E-state index contributed by atoms with van der Waals surface area (Å²) >= 11 is 5.58. The summed E-state index contributed by atoms with van der Waals surface area (Å²) in [7, 11) is 0. The van der Waals surface area contributed by atoms with Crippen LogP contribution in [0.2, 0.25) is 0 Å². The van der Waals surface area contributed by atoms with Gasteiger partial charge in [-0.15, -0.1) is 11.6 Å². The molecule has 0 aromatic heterocycles. The minimum atomic E-state index is 0.195. The minimum absolute atomic E-state index is 0.195. The molecule has 0 saturated carbocycles. The van der Waals surface area contributed by atoms with Crippen molar-refractivity contribution < 1.29 is 5.11 Å². The fourth-order valence-corrected chi connectivity index (χ4v) is 1.44. The summed E-state index contributed by atoms with van der Waals surface area (Å²) in [5.74, 6) is 0.651. The number of aliphatic hydroxyl groups is 1. The summed E-state index contributed by atoms with van der Waals surface area (Å²) in [5, 5.41) is 8.87. The molecule has 0 bridgehead atoms. The van der Waals surface area contributed by atoms with Crippen LogP contribution in [0.25, 0.3) is 6.08 Å². The van der Waals surface area contributed by atoms with E-state index in [4.69, 9.17) is 16.7 Å². The Kier molecular flexibility index (Phi) is 5.35. The van der Waals surface area contributed by atoms with Crippen LogP contribution in [0.5, 0.6) is 0 Å². The molecule has 76 valence electrons. The van der Waals surface area contributed by atoms with E-state index in [1.54, 1.807) is 0 Å². The largest absolute Gasteiger partial charge is 0.396 e. The molecule has 0 amide bonds. The molecule has 0 radical (unpaired) electrons.